The first-order chi connectivity index (χ1) is 8.61. The minimum absolute atomic E-state index is 0.243. The van der Waals surface area contributed by atoms with Gasteiger partial charge in [-0.15, -0.1) is 0 Å². The fourth-order valence-corrected chi connectivity index (χ4v) is 3.01. The summed E-state index contributed by atoms with van der Waals surface area (Å²) in [6.07, 6.45) is 1.12. The molecule has 0 spiro atoms. The van der Waals surface area contributed by atoms with Crippen LogP contribution in [0.15, 0.2) is 18.2 Å². The van der Waals surface area contributed by atoms with E-state index in [9.17, 15) is 0 Å². The van der Waals surface area contributed by atoms with Crippen molar-refractivity contribution in [1.82, 2.24) is 5.32 Å². The second-order valence-corrected chi connectivity index (χ2v) is 8.13. The SMILES string of the molecule is CC(NC1c2cc(Cl)ccc2CC1(C)C)C(C)(C)C. The van der Waals surface area contributed by atoms with Crippen LogP contribution in [0.25, 0.3) is 0 Å². The molecule has 2 unspecified atom stereocenters. The predicted octanol–water partition coefficient (Wildman–Crippen LogP) is 4.99. The van der Waals surface area contributed by atoms with E-state index < -0.39 is 0 Å². The molecule has 0 saturated heterocycles. The number of nitrogens with one attached hydrogen (secondary N) is 1. The molecule has 1 aromatic rings. The molecule has 1 aliphatic rings. The summed E-state index contributed by atoms with van der Waals surface area (Å²) in [5.41, 5.74) is 3.32. The van der Waals surface area contributed by atoms with Gasteiger partial charge in [0.05, 0.1) is 0 Å². The van der Waals surface area contributed by atoms with Gasteiger partial charge in [-0.3, -0.25) is 0 Å². The first-order valence-corrected chi connectivity index (χ1v) is 7.53. The molecule has 2 heteroatoms. The number of rotatable bonds is 2. The maximum absolute atomic E-state index is 6.18. The van der Waals surface area contributed by atoms with Crippen LogP contribution < -0.4 is 5.32 Å². The first kappa shape index (κ1) is 14.9. The summed E-state index contributed by atoms with van der Waals surface area (Å²) in [7, 11) is 0. The summed E-state index contributed by atoms with van der Waals surface area (Å²) in [5.74, 6) is 0. The second kappa shape index (κ2) is 4.79. The fraction of sp³-hybridized carbons (Fsp3) is 0.647. The summed E-state index contributed by atoms with van der Waals surface area (Å²) in [5, 5.41) is 4.67. The van der Waals surface area contributed by atoms with Crippen LogP contribution in [0, 0.1) is 10.8 Å². The molecule has 0 aromatic heterocycles. The lowest BCUT2D eigenvalue weighted by molar-refractivity contribution is 0.195. The Morgan fingerprint density at radius 2 is 1.95 bits per heavy atom. The van der Waals surface area contributed by atoms with Gasteiger partial charge < -0.3 is 5.32 Å². The molecule has 0 aliphatic heterocycles. The van der Waals surface area contributed by atoms with Gasteiger partial charge in [-0.2, -0.15) is 0 Å². The van der Waals surface area contributed by atoms with Crippen LogP contribution in [0.3, 0.4) is 0 Å². The third kappa shape index (κ3) is 2.98. The van der Waals surface area contributed by atoms with Gasteiger partial charge in [-0.1, -0.05) is 52.3 Å². The van der Waals surface area contributed by atoms with Crippen molar-refractivity contribution in [2.45, 2.75) is 60.0 Å². The van der Waals surface area contributed by atoms with Gasteiger partial charge in [0, 0.05) is 17.1 Å². The average molecular weight is 280 g/mol. The lowest BCUT2D eigenvalue weighted by Gasteiger charge is -2.36. The fourth-order valence-electron chi connectivity index (χ4n) is 2.82. The normalized spacial score (nSPS) is 23.2. The van der Waals surface area contributed by atoms with Crippen LogP contribution in [0.2, 0.25) is 5.02 Å². The number of fused-ring (bicyclic) bond motifs is 1. The third-order valence-electron chi connectivity index (χ3n) is 4.56. The van der Waals surface area contributed by atoms with Crippen LogP contribution in [0.5, 0.6) is 0 Å². The number of hydrogen-bond donors (Lipinski definition) is 1. The van der Waals surface area contributed by atoms with Crippen LogP contribution in [0.4, 0.5) is 0 Å². The van der Waals surface area contributed by atoms with Crippen molar-refractivity contribution in [3.8, 4) is 0 Å². The van der Waals surface area contributed by atoms with E-state index in [1.54, 1.807) is 0 Å². The van der Waals surface area contributed by atoms with E-state index >= 15 is 0 Å². The highest BCUT2D eigenvalue weighted by atomic mass is 35.5. The Kier molecular flexibility index (Phi) is 3.75. The van der Waals surface area contributed by atoms with Gasteiger partial charge in [0.1, 0.15) is 0 Å². The molecule has 1 nitrogen and oxygen atoms in total. The van der Waals surface area contributed by atoms with Crippen LogP contribution in [-0.2, 0) is 6.42 Å². The Morgan fingerprint density at radius 1 is 1.32 bits per heavy atom. The molecule has 106 valence electrons. The highest BCUT2D eigenvalue weighted by Crippen LogP contribution is 2.46. The van der Waals surface area contributed by atoms with Crippen LogP contribution >= 0.6 is 11.6 Å². The molecule has 0 saturated carbocycles. The van der Waals surface area contributed by atoms with Crippen LogP contribution in [-0.4, -0.2) is 6.04 Å². The van der Waals surface area contributed by atoms with Gasteiger partial charge in [-0.05, 0) is 47.4 Å². The van der Waals surface area contributed by atoms with E-state index in [0.717, 1.165) is 11.4 Å². The molecule has 0 amide bonds. The Balaban J connectivity index is 2.32. The molecule has 0 bridgehead atoms. The highest BCUT2D eigenvalue weighted by Gasteiger charge is 2.40. The smallest absolute Gasteiger partial charge is 0.0409 e. The van der Waals surface area contributed by atoms with E-state index in [0.29, 0.717) is 12.1 Å². The van der Waals surface area contributed by atoms with E-state index in [-0.39, 0.29) is 10.8 Å². The lowest BCUT2D eigenvalue weighted by Crippen LogP contribution is -2.43. The third-order valence-corrected chi connectivity index (χ3v) is 4.80. The topological polar surface area (TPSA) is 12.0 Å². The molecule has 1 aliphatic carbocycles. The Bertz CT molecular complexity index is 471. The molecule has 1 aromatic carbocycles. The summed E-state index contributed by atoms with van der Waals surface area (Å²) in [6.45, 7) is 13.8. The first-order valence-electron chi connectivity index (χ1n) is 7.15. The highest BCUT2D eigenvalue weighted by molar-refractivity contribution is 6.30. The van der Waals surface area contributed by atoms with Crippen molar-refractivity contribution in [2.24, 2.45) is 10.8 Å². The molecule has 19 heavy (non-hydrogen) atoms. The van der Waals surface area contributed by atoms with Crippen LogP contribution in [0.1, 0.15) is 58.7 Å². The lowest BCUT2D eigenvalue weighted by atomic mass is 9.82. The molecule has 0 fully saturated rings. The van der Waals surface area contributed by atoms with Gasteiger partial charge in [-0.25, -0.2) is 0 Å². The van der Waals surface area contributed by atoms with Crippen molar-refractivity contribution in [2.75, 3.05) is 0 Å². The number of hydrogen-bond acceptors (Lipinski definition) is 1. The van der Waals surface area contributed by atoms with Gasteiger partial charge in [0.2, 0.25) is 0 Å². The average Bonchev–Trinajstić information content (AvgIpc) is 2.49. The van der Waals surface area contributed by atoms with Gasteiger partial charge >= 0.3 is 0 Å². The Labute approximate surface area is 122 Å². The van der Waals surface area contributed by atoms with E-state index in [1.807, 2.05) is 6.07 Å². The van der Waals surface area contributed by atoms with Crippen molar-refractivity contribution < 1.29 is 0 Å². The number of benzene rings is 1. The minimum Gasteiger partial charge on any atom is -0.306 e. The largest absolute Gasteiger partial charge is 0.306 e. The second-order valence-electron chi connectivity index (χ2n) is 7.70. The Morgan fingerprint density at radius 3 is 2.53 bits per heavy atom. The Hall–Kier alpha value is -0.530. The monoisotopic (exact) mass is 279 g/mol. The summed E-state index contributed by atoms with van der Waals surface area (Å²) in [6, 6.07) is 7.17. The summed E-state index contributed by atoms with van der Waals surface area (Å²) >= 11 is 6.18. The molecular formula is C17H26ClN. The molecular weight excluding hydrogens is 254 g/mol. The van der Waals surface area contributed by atoms with E-state index in [2.05, 4.69) is 59.0 Å². The molecule has 2 atom stereocenters. The van der Waals surface area contributed by atoms with Gasteiger partial charge in [0.15, 0.2) is 0 Å². The standard InChI is InChI=1S/C17H26ClN/c1-11(16(2,3)4)19-15-14-9-13(18)8-7-12(14)10-17(15,5)6/h7-9,11,15,19H,10H2,1-6H3. The zero-order valence-corrected chi connectivity index (χ0v) is 13.7. The zero-order chi connectivity index (χ0) is 14.4. The molecule has 2 rings (SSSR count). The predicted molar refractivity (Wildman–Crippen MR) is 83.7 cm³/mol. The quantitative estimate of drug-likeness (QED) is 0.804. The minimum atomic E-state index is 0.243. The summed E-state index contributed by atoms with van der Waals surface area (Å²) in [4.78, 5) is 0. The molecule has 1 N–H and O–H groups in total. The van der Waals surface area contributed by atoms with Crippen molar-refractivity contribution in [3.05, 3.63) is 34.3 Å². The number of halogens is 1. The van der Waals surface area contributed by atoms with Crippen molar-refractivity contribution in [1.29, 1.82) is 0 Å². The zero-order valence-electron chi connectivity index (χ0n) is 13.0. The van der Waals surface area contributed by atoms with E-state index in [4.69, 9.17) is 11.6 Å². The van der Waals surface area contributed by atoms with Crippen molar-refractivity contribution in [3.63, 3.8) is 0 Å². The molecule has 0 radical (unpaired) electrons. The van der Waals surface area contributed by atoms with Crippen molar-refractivity contribution >= 4 is 11.6 Å². The molecule has 0 heterocycles. The van der Waals surface area contributed by atoms with E-state index in [1.165, 1.54) is 11.1 Å². The maximum atomic E-state index is 6.18. The maximum Gasteiger partial charge on any atom is 0.0409 e. The summed E-state index contributed by atoms with van der Waals surface area (Å²) < 4.78 is 0. The van der Waals surface area contributed by atoms with Gasteiger partial charge in [0.25, 0.3) is 0 Å².